The van der Waals surface area contributed by atoms with E-state index in [2.05, 4.69) is 12.2 Å². The van der Waals surface area contributed by atoms with Crippen LogP contribution in [0.4, 0.5) is 5.69 Å². The van der Waals surface area contributed by atoms with Crippen LogP contribution in [0.2, 0.25) is 0 Å². The van der Waals surface area contributed by atoms with Crippen molar-refractivity contribution >= 4 is 17.6 Å². The third-order valence-corrected chi connectivity index (χ3v) is 4.12. The summed E-state index contributed by atoms with van der Waals surface area (Å²) in [4.78, 5) is 24.6. The number of anilines is 1. The van der Waals surface area contributed by atoms with Gasteiger partial charge in [-0.05, 0) is 49.7 Å². The molecule has 0 aliphatic carbocycles. The number of carbonyl (C=O) groups excluding carboxylic acids is 2. The molecule has 6 heteroatoms. The predicted octanol–water partition coefficient (Wildman–Crippen LogP) is 4.45. The van der Waals surface area contributed by atoms with Crippen molar-refractivity contribution in [2.45, 2.75) is 39.2 Å². The van der Waals surface area contributed by atoms with Crippen LogP contribution in [0.25, 0.3) is 0 Å². The molecule has 0 saturated heterocycles. The number of methoxy groups -OCH3 is 1. The minimum Gasteiger partial charge on any atom is -0.495 e. The standard InChI is InChI=1S/C22H27NO5/c1-4-5-8-15-27-18-13-11-17(12-14-18)22(25)28-16(2)21(24)23-19-9-6-7-10-20(19)26-3/h6-7,9-14,16H,4-5,8,15H2,1-3H3,(H,23,24). The second-order valence-electron chi connectivity index (χ2n) is 6.32. The minimum atomic E-state index is -0.956. The molecule has 0 radical (unpaired) electrons. The molecule has 0 aliphatic heterocycles. The lowest BCUT2D eigenvalue weighted by Gasteiger charge is -2.15. The van der Waals surface area contributed by atoms with Crippen LogP contribution in [0.5, 0.6) is 11.5 Å². The summed E-state index contributed by atoms with van der Waals surface area (Å²) in [7, 11) is 1.52. The highest BCUT2D eigenvalue weighted by Gasteiger charge is 2.20. The van der Waals surface area contributed by atoms with Crippen LogP contribution in [0.3, 0.4) is 0 Å². The van der Waals surface area contributed by atoms with Crippen molar-refractivity contribution in [3.8, 4) is 11.5 Å². The Morgan fingerprint density at radius 1 is 1.04 bits per heavy atom. The van der Waals surface area contributed by atoms with Crippen LogP contribution < -0.4 is 14.8 Å². The lowest BCUT2D eigenvalue weighted by molar-refractivity contribution is -0.123. The first-order valence-corrected chi connectivity index (χ1v) is 9.43. The van der Waals surface area contributed by atoms with Crippen LogP contribution >= 0.6 is 0 Å². The molecular weight excluding hydrogens is 358 g/mol. The van der Waals surface area contributed by atoms with Gasteiger partial charge in [0, 0.05) is 0 Å². The van der Waals surface area contributed by atoms with Crippen molar-refractivity contribution in [1.29, 1.82) is 0 Å². The highest BCUT2D eigenvalue weighted by atomic mass is 16.5. The quantitative estimate of drug-likeness (QED) is 0.483. The Bertz CT molecular complexity index is 773. The van der Waals surface area contributed by atoms with Crippen LogP contribution in [-0.4, -0.2) is 31.7 Å². The van der Waals surface area contributed by atoms with Gasteiger partial charge in [-0.25, -0.2) is 4.79 Å². The number of nitrogens with one attached hydrogen (secondary N) is 1. The SMILES string of the molecule is CCCCCOc1ccc(C(=O)OC(C)C(=O)Nc2ccccc2OC)cc1. The zero-order valence-electron chi connectivity index (χ0n) is 16.6. The maximum absolute atomic E-state index is 12.3. The average Bonchev–Trinajstić information content (AvgIpc) is 2.72. The monoisotopic (exact) mass is 385 g/mol. The number of hydrogen-bond acceptors (Lipinski definition) is 5. The van der Waals surface area contributed by atoms with Gasteiger partial charge in [-0.15, -0.1) is 0 Å². The van der Waals surface area contributed by atoms with Crippen molar-refractivity contribution in [2.24, 2.45) is 0 Å². The molecule has 1 N–H and O–H groups in total. The number of ether oxygens (including phenoxy) is 3. The minimum absolute atomic E-state index is 0.359. The van der Waals surface area contributed by atoms with Crippen LogP contribution in [-0.2, 0) is 9.53 Å². The Hall–Kier alpha value is -3.02. The zero-order chi connectivity index (χ0) is 20.4. The summed E-state index contributed by atoms with van der Waals surface area (Å²) in [6.45, 7) is 4.31. The maximum atomic E-state index is 12.3. The fraction of sp³-hybridized carbons (Fsp3) is 0.364. The largest absolute Gasteiger partial charge is 0.495 e. The molecule has 1 atom stereocenters. The normalized spacial score (nSPS) is 11.4. The molecule has 150 valence electrons. The third-order valence-electron chi connectivity index (χ3n) is 4.12. The topological polar surface area (TPSA) is 73.9 Å². The number of hydrogen-bond donors (Lipinski definition) is 1. The van der Waals surface area contributed by atoms with Crippen molar-refractivity contribution in [2.75, 3.05) is 19.0 Å². The summed E-state index contributed by atoms with van der Waals surface area (Å²) < 4.78 is 16.1. The number of amides is 1. The molecule has 0 saturated carbocycles. The first kappa shape index (κ1) is 21.3. The van der Waals surface area contributed by atoms with E-state index in [0.717, 1.165) is 19.3 Å². The molecule has 2 aromatic rings. The van der Waals surface area contributed by atoms with E-state index in [-0.39, 0.29) is 0 Å². The third kappa shape index (κ3) is 6.30. The van der Waals surface area contributed by atoms with E-state index in [1.54, 1.807) is 48.5 Å². The van der Waals surface area contributed by atoms with Crippen molar-refractivity contribution < 1.29 is 23.8 Å². The summed E-state index contributed by atoms with van der Waals surface area (Å²) in [5.74, 6) is 0.229. The van der Waals surface area contributed by atoms with Gasteiger partial charge in [-0.3, -0.25) is 4.79 Å². The fourth-order valence-corrected chi connectivity index (χ4v) is 2.49. The van der Waals surface area contributed by atoms with Gasteiger partial charge in [-0.2, -0.15) is 0 Å². The summed E-state index contributed by atoms with van der Waals surface area (Å²) >= 11 is 0. The van der Waals surface area contributed by atoms with E-state index in [1.807, 2.05) is 0 Å². The lowest BCUT2D eigenvalue weighted by Crippen LogP contribution is -2.30. The van der Waals surface area contributed by atoms with E-state index >= 15 is 0 Å². The first-order valence-electron chi connectivity index (χ1n) is 9.43. The van der Waals surface area contributed by atoms with Crippen molar-refractivity contribution in [3.05, 3.63) is 54.1 Å². The highest BCUT2D eigenvalue weighted by molar-refractivity contribution is 5.98. The van der Waals surface area contributed by atoms with E-state index in [4.69, 9.17) is 14.2 Å². The average molecular weight is 385 g/mol. The van der Waals surface area contributed by atoms with Gasteiger partial charge in [0.2, 0.25) is 0 Å². The molecule has 2 rings (SSSR count). The van der Waals surface area contributed by atoms with Crippen LogP contribution in [0, 0.1) is 0 Å². The summed E-state index contributed by atoms with van der Waals surface area (Å²) in [6, 6.07) is 13.7. The van der Waals surface area contributed by atoms with E-state index in [9.17, 15) is 9.59 Å². The molecule has 0 fully saturated rings. The Morgan fingerprint density at radius 3 is 2.43 bits per heavy atom. The summed E-state index contributed by atoms with van der Waals surface area (Å²) in [6.07, 6.45) is 2.30. The number of unbranched alkanes of at least 4 members (excludes halogenated alkanes) is 2. The van der Waals surface area contributed by atoms with E-state index < -0.39 is 18.0 Å². The fourth-order valence-electron chi connectivity index (χ4n) is 2.49. The molecule has 28 heavy (non-hydrogen) atoms. The van der Waals surface area contributed by atoms with Gasteiger partial charge in [0.25, 0.3) is 5.91 Å². The van der Waals surface area contributed by atoms with Crippen molar-refractivity contribution in [3.63, 3.8) is 0 Å². The molecule has 0 aromatic heterocycles. The number of para-hydroxylation sites is 2. The van der Waals surface area contributed by atoms with Gasteiger partial charge in [0.15, 0.2) is 6.10 Å². The van der Waals surface area contributed by atoms with Crippen LogP contribution in [0.15, 0.2) is 48.5 Å². The van der Waals surface area contributed by atoms with Crippen LogP contribution in [0.1, 0.15) is 43.5 Å². The van der Waals surface area contributed by atoms with Gasteiger partial charge >= 0.3 is 5.97 Å². The number of rotatable bonds is 10. The Balaban J connectivity index is 1.88. The predicted molar refractivity (Wildman–Crippen MR) is 108 cm³/mol. The summed E-state index contributed by atoms with van der Waals surface area (Å²) in [5, 5.41) is 2.70. The zero-order valence-corrected chi connectivity index (χ0v) is 16.6. The smallest absolute Gasteiger partial charge is 0.338 e. The van der Waals surface area contributed by atoms with E-state index in [0.29, 0.717) is 29.4 Å². The molecule has 0 aliphatic rings. The molecular formula is C22H27NO5. The maximum Gasteiger partial charge on any atom is 0.338 e. The number of esters is 1. The Kier molecular flexibility index (Phi) is 8.34. The molecule has 1 unspecified atom stereocenters. The molecule has 6 nitrogen and oxygen atoms in total. The van der Waals surface area contributed by atoms with Crippen molar-refractivity contribution in [1.82, 2.24) is 0 Å². The molecule has 2 aromatic carbocycles. The Morgan fingerprint density at radius 2 is 1.75 bits per heavy atom. The highest BCUT2D eigenvalue weighted by Crippen LogP contribution is 2.23. The lowest BCUT2D eigenvalue weighted by atomic mass is 10.2. The molecule has 1 amide bonds. The molecule has 0 bridgehead atoms. The van der Waals surface area contributed by atoms with Gasteiger partial charge in [-0.1, -0.05) is 31.9 Å². The second kappa shape index (κ2) is 11.0. The summed E-state index contributed by atoms with van der Waals surface area (Å²) in [5.41, 5.74) is 0.875. The Labute approximate surface area is 165 Å². The number of benzene rings is 2. The second-order valence-corrected chi connectivity index (χ2v) is 6.32. The molecule has 0 spiro atoms. The molecule has 0 heterocycles. The van der Waals surface area contributed by atoms with E-state index in [1.165, 1.54) is 14.0 Å². The number of carbonyl (C=O) groups is 2. The van der Waals surface area contributed by atoms with Gasteiger partial charge in [0.1, 0.15) is 11.5 Å². The van der Waals surface area contributed by atoms with Gasteiger partial charge < -0.3 is 19.5 Å². The first-order chi connectivity index (χ1) is 13.5. The van der Waals surface area contributed by atoms with Gasteiger partial charge in [0.05, 0.1) is 25.0 Å².